The number of nitrogens with zero attached hydrogens (tertiary/aromatic N) is 4. The highest BCUT2D eigenvalue weighted by atomic mass is 32.2. The molecule has 1 N–H and O–H groups in total. The fourth-order valence-electron chi connectivity index (χ4n) is 2.00. The van der Waals surface area contributed by atoms with Crippen molar-refractivity contribution < 1.29 is 9.90 Å². The molecule has 0 radical (unpaired) electrons. The minimum absolute atomic E-state index is 0.00650. The fourth-order valence-corrected chi connectivity index (χ4v) is 3.35. The van der Waals surface area contributed by atoms with E-state index in [1.807, 2.05) is 21.5 Å². The highest BCUT2D eigenvalue weighted by Crippen LogP contribution is 2.24. The Kier molecular flexibility index (Phi) is 4.16. The molecule has 3 rings (SSSR count). The molecule has 0 aliphatic carbocycles. The maximum Gasteiger partial charge on any atom is 0.313 e. The summed E-state index contributed by atoms with van der Waals surface area (Å²) in [5.41, 5.74) is 4.59. The molecule has 108 valence electrons. The average molecular weight is 320 g/mol. The van der Waals surface area contributed by atoms with Crippen LogP contribution >= 0.6 is 23.1 Å². The molecule has 21 heavy (non-hydrogen) atoms. The standard InChI is InChI=1S/C13H12N4O2S2/c18-12(19)7-21-13-16-10-5-14-3-1-11(10)17(13)4-2-9-6-20-8-15-9/h1,3,5-6,8H,2,4,7H2,(H,18,19). The van der Waals surface area contributed by atoms with Gasteiger partial charge in [-0.3, -0.25) is 9.78 Å². The fraction of sp³-hybridized carbons (Fsp3) is 0.231. The van der Waals surface area contributed by atoms with Crippen LogP contribution in [0.3, 0.4) is 0 Å². The van der Waals surface area contributed by atoms with E-state index in [4.69, 9.17) is 5.11 Å². The Bertz CT molecular complexity index is 755. The van der Waals surface area contributed by atoms with Crippen LogP contribution in [0.2, 0.25) is 0 Å². The minimum Gasteiger partial charge on any atom is -0.481 e. The zero-order chi connectivity index (χ0) is 14.7. The summed E-state index contributed by atoms with van der Waals surface area (Å²) in [6, 6.07) is 1.90. The molecule has 0 aliphatic rings. The van der Waals surface area contributed by atoms with Gasteiger partial charge in [0.1, 0.15) is 5.52 Å². The Morgan fingerprint density at radius 2 is 2.38 bits per heavy atom. The number of carboxylic acids is 1. The quantitative estimate of drug-likeness (QED) is 0.702. The van der Waals surface area contributed by atoms with E-state index in [-0.39, 0.29) is 5.75 Å². The first kappa shape index (κ1) is 14.0. The van der Waals surface area contributed by atoms with Gasteiger partial charge in [0.15, 0.2) is 5.16 Å². The average Bonchev–Trinajstić information content (AvgIpc) is 3.10. The summed E-state index contributed by atoms with van der Waals surface area (Å²) >= 11 is 2.79. The molecule has 6 nitrogen and oxygen atoms in total. The Morgan fingerprint density at radius 1 is 1.48 bits per heavy atom. The lowest BCUT2D eigenvalue weighted by Crippen LogP contribution is -2.05. The number of hydrogen-bond acceptors (Lipinski definition) is 6. The number of aliphatic carboxylic acids is 1. The zero-order valence-electron chi connectivity index (χ0n) is 11.0. The van der Waals surface area contributed by atoms with Gasteiger partial charge in [0.25, 0.3) is 0 Å². The summed E-state index contributed by atoms with van der Waals surface area (Å²) in [4.78, 5) is 23.6. The van der Waals surface area contributed by atoms with Gasteiger partial charge >= 0.3 is 5.97 Å². The van der Waals surface area contributed by atoms with Crippen molar-refractivity contribution in [3.05, 3.63) is 35.0 Å². The highest BCUT2D eigenvalue weighted by Gasteiger charge is 2.13. The predicted octanol–water partition coefficient (Wildman–Crippen LogP) is 2.31. The van der Waals surface area contributed by atoms with Gasteiger partial charge in [0.2, 0.25) is 0 Å². The van der Waals surface area contributed by atoms with Gasteiger partial charge in [-0.1, -0.05) is 11.8 Å². The van der Waals surface area contributed by atoms with Crippen LogP contribution in [0.15, 0.2) is 34.5 Å². The molecule has 3 heterocycles. The van der Waals surface area contributed by atoms with E-state index >= 15 is 0 Å². The van der Waals surface area contributed by atoms with Gasteiger partial charge in [0.05, 0.1) is 28.7 Å². The van der Waals surface area contributed by atoms with Crippen LogP contribution < -0.4 is 0 Å². The number of fused-ring (bicyclic) bond motifs is 1. The second-order valence-corrected chi connectivity index (χ2v) is 5.98. The second kappa shape index (κ2) is 6.23. The van der Waals surface area contributed by atoms with E-state index < -0.39 is 5.97 Å². The molecule has 0 unspecified atom stereocenters. The molecule has 0 amide bonds. The van der Waals surface area contributed by atoms with Gasteiger partial charge in [-0.25, -0.2) is 9.97 Å². The molecule has 0 fully saturated rings. The topological polar surface area (TPSA) is 80.9 Å². The van der Waals surface area contributed by atoms with Crippen LogP contribution in [-0.2, 0) is 17.8 Å². The van der Waals surface area contributed by atoms with E-state index in [0.29, 0.717) is 11.7 Å². The summed E-state index contributed by atoms with van der Waals surface area (Å²) in [7, 11) is 0. The number of rotatable bonds is 6. The van der Waals surface area contributed by atoms with Crippen molar-refractivity contribution in [2.75, 3.05) is 5.75 Å². The Hall–Kier alpha value is -1.93. The number of aromatic nitrogens is 4. The summed E-state index contributed by atoms with van der Waals surface area (Å²) in [5, 5.41) is 11.6. The second-order valence-electron chi connectivity index (χ2n) is 4.32. The number of hydrogen-bond donors (Lipinski definition) is 1. The molecule has 0 spiro atoms. The van der Waals surface area contributed by atoms with E-state index in [2.05, 4.69) is 15.0 Å². The first-order valence-electron chi connectivity index (χ1n) is 6.26. The van der Waals surface area contributed by atoms with Gasteiger partial charge in [-0.05, 0) is 6.07 Å². The number of thioether (sulfide) groups is 1. The highest BCUT2D eigenvalue weighted by molar-refractivity contribution is 7.99. The third kappa shape index (κ3) is 3.22. The molecule has 0 atom stereocenters. The Morgan fingerprint density at radius 3 is 3.14 bits per heavy atom. The Labute approximate surface area is 128 Å². The van der Waals surface area contributed by atoms with Gasteiger partial charge < -0.3 is 9.67 Å². The van der Waals surface area contributed by atoms with E-state index in [1.54, 1.807) is 23.7 Å². The molecule has 0 saturated heterocycles. The lowest BCUT2D eigenvalue weighted by Gasteiger charge is -2.07. The van der Waals surface area contributed by atoms with Crippen LogP contribution in [0, 0.1) is 0 Å². The van der Waals surface area contributed by atoms with E-state index in [0.717, 1.165) is 23.1 Å². The smallest absolute Gasteiger partial charge is 0.313 e. The van der Waals surface area contributed by atoms with Crippen LogP contribution in [0.1, 0.15) is 5.69 Å². The normalized spacial score (nSPS) is 11.0. The monoisotopic (exact) mass is 320 g/mol. The number of pyridine rings is 1. The minimum atomic E-state index is -0.851. The van der Waals surface area contributed by atoms with Crippen molar-refractivity contribution in [2.24, 2.45) is 0 Å². The molecule has 0 saturated carbocycles. The van der Waals surface area contributed by atoms with Gasteiger partial charge in [-0.15, -0.1) is 11.3 Å². The van der Waals surface area contributed by atoms with Crippen molar-refractivity contribution in [1.82, 2.24) is 19.5 Å². The van der Waals surface area contributed by atoms with Crippen molar-refractivity contribution >= 4 is 40.1 Å². The van der Waals surface area contributed by atoms with Gasteiger partial charge in [0, 0.05) is 24.5 Å². The summed E-state index contributed by atoms with van der Waals surface area (Å²) in [6.45, 7) is 0.714. The molecule has 0 aliphatic heterocycles. The Balaban J connectivity index is 1.89. The van der Waals surface area contributed by atoms with Crippen molar-refractivity contribution in [3.8, 4) is 0 Å². The first-order valence-corrected chi connectivity index (χ1v) is 8.19. The zero-order valence-corrected chi connectivity index (χ0v) is 12.6. The first-order chi connectivity index (χ1) is 10.2. The molecular weight excluding hydrogens is 308 g/mol. The molecule has 3 aromatic heterocycles. The maximum atomic E-state index is 10.8. The van der Waals surface area contributed by atoms with Crippen LogP contribution in [0.25, 0.3) is 11.0 Å². The van der Waals surface area contributed by atoms with Gasteiger partial charge in [-0.2, -0.15) is 0 Å². The molecular formula is C13H12N4O2S2. The molecule has 0 bridgehead atoms. The van der Waals surface area contributed by atoms with E-state index in [9.17, 15) is 4.79 Å². The van der Waals surface area contributed by atoms with E-state index in [1.165, 1.54) is 11.8 Å². The number of thiazole rings is 1. The number of aryl methyl sites for hydroxylation is 2. The molecule has 8 heteroatoms. The third-order valence-electron chi connectivity index (χ3n) is 2.92. The third-order valence-corrected chi connectivity index (χ3v) is 4.51. The summed E-state index contributed by atoms with van der Waals surface area (Å²) in [5.74, 6) is -0.857. The van der Waals surface area contributed by atoms with Crippen LogP contribution in [0.5, 0.6) is 0 Å². The molecule has 3 aromatic rings. The van der Waals surface area contributed by atoms with Crippen LogP contribution in [0.4, 0.5) is 0 Å². The SMILES string of the molecule is O=C(O)CSc1nc2cnccc2n1CCc1cscn1. The lowest BCUT2D eigenvalue weighted by atomic mass is 10.3. The largest absolute Gasteiger partial charge is 0.481 e. The van der Waals surface area contributed by atoms with Crippen molar-refractivity contribution in [3.63, 3.8) is 0 Å². The summed E-state index contributed by atoms with van der Waals surface area (Å²) < 4.78 is 2.03. The lowest BCUT2D eigenvalue weighted by molar-refractivity contribution is -0.133. The summed E-state index contributed by atoms with van der Waals surface area (Å²) in [6.07, 6.45) is 4.20. The maximum absolute atomic E-state index is 10.8. The number of imidazole rings is 1. The number of carbonyl (C=O) groups is 1. The number of carboxylic acid groups (broad SMARTS) is 1. The van der Waals surface area contributed by atoms with Crippen molar-refractivity contribution in [2.45, 2.75) is 18.1 Å². The predicted molar refractivity (Wildman–Crippen MR) is 81.7 cm³/mol. The van der Waals surface area contributed by atoms with Crippen molar-refractivity contribution in [1.29, 1.82) is 0 Å². The van der Waals surface area contributed by atoms with Crippen LogP contribution in [-0.4, -0.2) is 36.3 Å². The molecule has 0 aromatic carbocycles.